The van der Waals surface area contributed by atoms with Gasteiger partial charge in [0.1, 0.15) is 11.7 Å². The molecule has 2 aliphatic rings. The van der Waals surface area contributed by atoms with Gasteiger partial charge in [-0.3, -0.25) is 20.2 Å². The number of rotatable bonds is 5. The Kier molecular flexibility index (Phi) is 4.46. The van der Waals surface area contributed by atoms with Gasteiger partial charge >= 0.3 is 5.97 Å². The van der Waals surface area contributed by atoms with E-state index >= 15 is 0 Å². The molecule has 0 unspecified atom stereocenters. The molecule has 2 saturated carbocycles. The fourth-order valence-electron chi connectivity index (χ4n) is 4.29. The van der Waals surface area contributed by atoms with E-state index in [0.717, 1.165) is 24.6 Å². The van der Waals surface area contributed by atoms with Crippen molar-refractivity contribution in [2.75, 3.05) is 7.11 Å². The molecule has 1 aromatic carbocycles. The average molecular weight is 378 g/mol. The van der Waals surface area contributed by atoms with E-state index in [9.17, 15) is 25.0 Å². The van der Waals surface area contributed by atoms with Crippen molar-refractivity contribution in [3.8, 4) is 0 Å². The summed E-state index contributed by atoms with van der Waals surface area (Å²) in [4.78, 5) is 33.1. The summed E-state index contributed by atoms with van der Waals surface area (Å²) < 4.78 is 11.3. The lowest BCUT2D eigenvalue weighted by Crippen LogP contribution is -2.47. The summed E-state index contributed by atoms with van der Waals surface area (Å²) in [5, 5.41) is 22.0. The standard InChI is InChI=1S/C18H22N2O7/c1-17(2)13-8-15(18(3,26-4)9-14(13)17)27-16(21)10-5-11(19(22)23)7-12(6-10)20(24)25/h5-7,13-15H,8-9H2,1-4H3/t13-,14+,15-,18+/m0/s1. The van der Waals surface area contributed by atoms with Gasteiger partial charge in [-0.1, -0.05) is 13.8 Å². The molecule has 4 atom stereocenters. The zero-order valence-corrected chi connectivity index (χ0v) is 15.6. The highest BCUT2D eigenvalue weighted by atomic mass is 16.6. The van der Waals surface area contributed by atoms with Crippen LogP contribution in [0.1, 0.15) is 44.0 Å². The van der Waals surface area contributed by atoms with Gasteiger partial charge in [0.25, 0.3) is 11.4 Å². The van der Waals surface area contributed by atoms with Crippen molar-refractivity contribution in [1.29, 1.82) is 0 Å². The van der Waals surface area contributed by atoms with Crippen molar-refractivity contribution in [2.24, 2.45) is 17.3 Å². The lowest BCUT2D eigenvalue weighted by molar-refractivity contribution is -0.394. The maximum atomic E-state index is 12.6. The molecule has 1 aromatic rings. The molecule has 3 rings (SSSR count). The SMILES string of the molecule is CO[C@]1(C)C[C@@H]2[C@H](C[C@@H]1OC(=O)c1cc([N+](=O)[O-])cc([N+](=O)[O-])c1)C2(C)C. The first-order chi connectivity index (χ1) is 12.5. The monoisotopic (exact) mass is 378 g/mol. The van der Waals surface area contributed by atoms with Crippen LogP contribution in [0.15, 0.2) is 18.2 Å². The highest BCUT2D eigenvalue weighted by Crippen LogP contribution is 2.67. The third kappa shape index (κ3) is 3.27. The van der Waals surface area contributed by atoms with Gasteiger partial charge in [0.15, 0.2) is 0 Å². The Labute approximate surface area is 155 Å². The Morgan fingerprint density at radius 2 is 1.63 bits per heavy atom. The third-order valence-electron chi connectivity index (χ3n) is 6.34. The van der Waals surface area contributed by atoms with Gasteiger partial charge in [0.2, 0.25) is 0 Å². The first kappa shape index (κ1) is 19.2. The summed E-state index contributed by atoms with van der Waals surface area (Å²) in [6, 6.07) is 2.80. The van der Waals surface area contributed by atoms with Crippen LogP contribution in [0, 0.1) is 37.5 Å². The largest absolute Gasteiger partial charge is 0.456 e. The van der Waals surface area contributed by atoms with Gasteiger partial charge in [-0.15, -0.1) is 0 Å². The van der Waals surface area contributed by atoms with Crippen LogP contribution in [-0.2, 0) is 9.47 Å². The van der Waals surface area contributed by atoms with Crippen LogP contribution < -0.4 is 0 Å². The third-order valence-corrected chi connectivity index (χ3v) is 6.34. The van der Waals surface area contributed by atoms with E-state index in [-0.39, 0.29) is 11.0 Å². The summed E-state index contributed by atoms with van der Waals surface area (Å²) in [7, 11) is 1.56. The molecule has 0 aliphatic heterocycles. The van der Waals surface area contributed by atoms with Crippen LogP contribution in [0.25, 0.3) is 0 Å². The first-order valence-corrected chi connectivity index (χ1v) is 8.69. The molecular formula is C18H22N2O7. The number of ether oxygens (including phenoxy) is 2. The smallest absolute Gasteiger partial charge is 0.339 e. The Balaban J connectivity index is 1.86. The maximum Gasteiger partial charge on any atom is 0.339 e. The molecule has 0 spiro atoms. The number of benzene rings is 1. The van der Waals surface area contributed by atoms with Crippen molar-refractivity contribution < 1.29 is 24.1 Å². The molecule has 146 valence electrons. The number of methoxy groups -OCH3 is 1. The average Bonchev–Trinajstić information content (AvgIpc) is 3.13. The molecule has 0 bridgehead atoms. The highest BCUT2D eigenvalue weighted by Gasteiger charge is 2.65. The van der Waals surface area contributed by atoms with Crippen molar-refractivity contribution in [3.05, 3.63) is 44.0 Å². The fraction of sp³-hybridized carbons (Fsp3) is 0.611. The number of hydrogen-bond acceptors (Lipinski definition) is 7. The van der Waals surface area contributed by atoms with E-state index in [0.29, 0.717) is 18.3 Å². The second-order valence-corrected chi connectivity index (χ2v) is 8.14. The van der Waals surface area contributed by atoms with E-state index < -0.39 is 38.9 Å². The van der Waals surface area contributed by atoms with Crippen LogP contribution in [-0.4, -0.2) is 34.6 Å². The highest BCUT2D eigenvalue weighted by molar-refractivity contribution is 5.91. The topological polar surface area (TPSA) is 122 Å². The zero-order chi connectivity index (χ0) is 20.1. The van der Waals surface area contributed by atoms with Crippen molar-refractivity contribution in [3.63, 3.8) is 0 Å². The van der Waals surface area contributed by atoms with E-state index in [1.54, 1.807) is 7.11 Å². The minimum absolute atomic E-state index is 0.158. The Bertz CT molecular complexity index is 790. The molecule has 2 aliphatic carbocycles. The maximum absolute atomic E-state index is 12.6. The molecule has 0 aromatic heterocycles. The number of carbonyl (C=O) groups excluding carboxylic acids is 1. The molecule has 0 saturated heterocycles. The number of fused-ring (bicyclic) bond motifs is 1. The van der Waals surface area contributed by atoms with E-state index in [4.69, 9.17) is 9.47 Å². The van der Waals surface area contributed by atoms with E-state index in [1.165, 1.54) is 0 Å². The summed E-state index contributed by atoms with van der Waals surface area (Å²) in [6.07, 6.45) is 0.843. The minimum Gasteiger partial charge on any atom is -0.456 e. The van der Waals surface area contributed by atoms with E-state index in [1.807, 2.05) is 6.92 Å². The summed E-state index contributed by atoms with van der Waals surface area (Å²) in [6.45, 7) is 6.23. The molecule has 0 heterocycles. The Morgan fingerprint density at radius 3 is 2.11 bits per heavy atom. The summed E-state index contributed by atoms with van der Waals surface area (Å²) >= 11 is 0. The first-order valence-electron chi connectivity index (χ1n) is 8.69. The minimum atomic E-state index is -0.827. The number of nitrogens with zero attached hydrogens (tertiary/aromatic N) is 2. The summed E-state index contributed by atoms with van der Waals surface area (Å²) in [5.74, 6) is 0.0845. The van der Waals surface area contributed by atoms with Gasteiger partial charge in [-0.05, 0) is 37.0 Å². The van der Waals surface area contributed by atoms with Gasteiger partial charge in [0, 0.05) is 19.2 Å². The van der Waals surface area contributed by atoms with E-state index in [2.05, 4.69) is 13.8 Å². The predicted octanol–water partition coefficient (Wildman–Crippen LogP) is 3.50. The quantitative estimate of drug-likeness (QED) is 0.436. The number of hydrogen-bond donors (Lipinski definition) is 0. The number of non-ortho nitro benzene ring substituents is 2. The Hall–Kier alpha value is -2.55. The van der Waals surface area contributed by atoms with Crippen LogP contribution in [0.2, 0.25) is 0 Å². The number of esters is 1. The van der Waals surface area contributed by atoms with Gasteiger partial charge in [-0.2, -0.15) is 0 Å². The van der Waals surface area contributed by atoms with Crippen molar-refractivity contribution in [1.82, 2.24) is 0 Å². The van der Waals surface area contributed by atoms with Crippen LogP contribution in [0.3, 0.4) is 0 Å². The van der Waals surface area contributed by atoms with Crippen LogP contribution in [0.4, 0.5) is 11.4 Å². The lowest BCUT2D eigenvalue weighted by atomic mass is 9.83. The van der Waals surface area contributed by atoms with Crippen molar-refractivity contribution in [2.45, 2.75) is 45.3 Å². The number of carbonyl (C=O) groups is 1. The Morgan fingerprint density at radius 1 is 1.07 bits per heavy atom. The second-order valence-electron chi connectivity index (χ2n) is 8.14. The van der Waals surface area contributed by atoms with Gasteiger partial charge < -0.3 is 9.47 Å². The lowest BCUT2D eigenvalue weighted by Gasteiger charge is -2.39. The van der Waals surface area contributed by atoms with Gasteiger partial charge in [0.05, 0.1) is 21.5 Å². The second kappa shape index (κ2) is 6.26. The summed E-state index contributed by atoms with van der Waals surface area (Å²) in [5.41, 5.74) is -1.79. The predicted molar refractivity (Wildman–Crippen MR) is 94.4 cm³/mol. The molecule has 0 N–H and O–H groups in total. The molecule has 0 radical (unpaired) electrons. The molecule has 2 fully saturated rings. The van der Waals surface area contributed by atoms with Gasteiger partial charge in [-0.25, -0.2) is 4.79 Å². The molecule has 9 nitrogen and oxygen atoms in total. The number of nitro benzene ring substituents is 2. The van der Waals surface area contributed by atoms with Crippen molar-refractivity contribution >= 4 is 17.3 Å². The molecule has 9 heteroatoms. The fourth-order valence-corrected chi connectivity index (χ4v) is 4.29. The zero-order valence-electron chi connectivity index (χ0n) is 15.6. The molecule has 27 heavy (non-hydrogen) atoms. The normalized spacial score (nSPS) is 30.9. The molecular weight excluding hydrogens is 356 g/mol. The molecule has 0 amide bonds. The van der Waals surface area contributed by atoms with Crippen LogP contribution in [0.5, 0.6) is 0 Å². The number of nitro groups is 2. The van der Waals surface area contributed by atoms with Crippen LogP contribution >= 0.6 is 0 Å².